The summed E-state index contributed by atoms with van der Waals surface area (Å²) in [4.78, 5) is 19.8. The number of hydrogen-bond acceptors (Lipinski definition) is 8. The molecule has 0 aliphatic heterocycles. The van der Waals surface area contributed by atoms with E-state index >= 15 is 0 Å². The lowest BCUT2D eigenvalue weighted by Crippen LogP contribution is -1.94. The molecule has 0 fully saturated rings. The van der Waals surface area contributed by atoms with Crippen LogP contribution >= 0.6 is 0 Å². The summed E-state index contributed by atoms with van der Waals surface area (Å²) in [5, 5.41) is 28.2. The summed E-state index contributed by atoms with van der Waals surface area (Å²) >= 11 is 0. The van der Waals surface area contributed by atoms with Crippen molar-refractivity contribution in [2.45, 2.75) is 0 Å². The number of non-ortho nitro benzene ring substituents is 2. The number of rotatable bonds is 3. The van der Waals surface area contributed by atoms with Crippen LogP contribution in [0.5, 0.6) is 0 Å². The van der Waals surface area contributed by atoms with Crippen LogP contribution in [0.25, 0.3) is 11.5 Å². The van der Waals surface area contributed by atoms with Crippen LogP contribution in [-0.4, -0.2) is 20.0 Å². The van der Waals surface area contributed by atoms with Gasteiger partial charge in [0.2, 0.25) is 5.89 Å². The van der Waals surface area contributed by atoms with Gasteiger partial charge in [0.05, 0.1) is 21.5 Å². The van der Waals surface area contributed by atoms with Crippen LogP contribution in [0.15, 0.2) is 22.6 Å². The second kappa shape index (κ2) is 4.08. The maximum Gasteiger partial charge on any atom is 0.313 e. The standard InChI is InChI=1S/C8H5N5O5/c9-8-11-10-7(18-8)4-1-5(12(14)15)3-6(2-4)13(16)17/h1-3H,(H2,9,11). The molecular weight excluding hydrogens is 246 g/mol. The molecule has 0 spiro atoms. The molecule has 92 valence electrons. The number of benzene rings is 1. The highest BCUT2D eigenvalue weighted by Crippen LogP contribution is 2.29. The lowest BCUT2D eigenvalue weighted by molar-refractivity contribution is -0.394. The molecule has 10 heteroatoms. The summed E-state index contributed by atoms with van der Waals surface area (Å²) in [6.45, 7) is 0. The van der Waals surface area contributed by atoms with Crippen LogP contribution in [0.4, 0.5) is 17.4 Å². The number of hydrogen-bond donors (Lipinski definition) is 1. The molecule has 10 nitrogen and oxygen atoms in total. The first kappa shape index (κ1) is 11.4. The Morgan fingerprint density at radius 2 is 1.61 bits per heavy atom. The predicted octanol–water partition coefficient (Wildman–Crippen LogP) is 1.14. The molecule has 0 aliphatic carbocycles. The van der Waals surface area contributed by atoms with Gasteiger partial charge in [0, 0.05) is 12.1 Å². The molecule has 2 rings (SSSR count). The summed E-state index contributed by atoms with van der Waals surface area (Å²) < 4.78 is 4.85. The minimum Gasteiger partial charge on any atom is -0.404 e. The first-order valence-electron chi connectivity index (χ1n) is 4.50. The average Bonchev–Trinajstić information content (AvgIpc) is 2.75. The molecule has 0 atom stereocenters. The van der Waals surface area contributed by atoms with Crippen molar-refractivity contribution in [3.05, 3.63) is 38.4 Å². The monoisotopic (exact) mass is 251 g/mol. The predicted molar refractivity (Wildman–Crippen MR) is 57.5 cm³/mol. The van der Waals surface area contributed by atoms with Crippen molar-refractivity contribution in [1.29, 1.82) is 0 Å². The molecule has 1 aromatic carbocycles. The summed E-state index contributed by atoms with van der Waals surface area (Å²) in [6, 6.07) is 2.77. The van der Waals surface area contributed by atoms with E-state index < -0.39 is 21.2 Å². The highest BCUT2D eigenvalue weighted by Gasteiger charge is 2.19. The summed E-state index contributed by atoms with van der Waals surface area (Å²) in [5.74, 6) is -0.126. The molecule has 0 aliphatic rings. The molecule has 2 aromatic rings. The number of nitro benzene ring substituents is 2. The minimum atomic E-state index is -0.754. The van der Waals surface area contributed by atoms with E-state index in [4.69, 9.17) is 10.2 Å². The number of aromatic nitrogens is 2. The Morgan fingerprint density at radius 1 is 1.06 bits per heavy atom. The van der Waals surface area contributed by atoms with Crippen molar-refractivity contribution < 1.29 is 14.3 Å². The van der Waals surface area contributed by atoms with Crippen LogP contribution in [0.1, 0.15) is 0 Å². The molecule has 0 radical (unpaired) electrons. The molecule has 0 amide bonds. The largest absolute Gasteiger partial charge is 0.404 e. The van der Waals surface area contributed by atoms with Gasteiger partial charge in [-0.2, -0.15) is 0 Å². The van der Waals surface area contributed by atoms with Crippen LogP contribution in [0.3, 0.4) is 0 Å². The second-order valence-corrected chi connectivity index (χ2v) is 3.20. The van der Waals surface area contributed by atoms with E-state index in [2.05, 4.69) is 10.2 Å². The number of nitrogens with two attached hydrogens (primary N) is 1. The van der Waals surface area contributed by atoms with Gasteiger partial charge in [0.15, 0.2) is 0 Å². The van der Waals surface area contributed by atoms with Gasteiger partial charge in [-0.05, 0) is 0 Å². The van der Waals surface area contributed by atoms with Crippen molar-refractivity contribution in [2.75, 3.05) is 5.73 Å². The smallest absolute Gasteiger partial charge is 0.313 e. The van der Waals surface area contributed by atoms with Gasteiger partial charge in [-0.3, -0.25) is 20.2 Å². The van der Waals surface area contributed by atoms with Crippen LogP contribution in [0.2, 0.25) is 0 Å². The van der Waals surface area contributed by atoms with Crippen molar-refractivity contribution in [1.82, 2.24) is 10.2 Å². The Morgan fingerprint density at radius 3 is 2.00 bits per heavy atom. The van der Waals surface area contributed by atoms with Crippen LogP contribution in [-0.2, 0) is 0 Å². The van der Waals surface area contributed by atoms with Gasteiger partial charge in [-0.1, -0.05) is 5.10 Å². The molecule has 18 heavy (non-hydrogen) atoms. The number of nitro groups is 2. The fourth-order valence-electron chi connectivity index (χ4n) is 1.28. The fourth-order valence-corrected chi connectivity index (χ4v) is 1.28. The van der Waals surface area contributed by atoms with Gasteiger partial charge in [-0.15, -0.1) is 5.10 Å². The Labute approximate surface area is 98.3 Å². The SMILES string of the molecule is Nc1nnc(-c2cc([N+](=O)[O-])cc([N+](=O)[O-])c2)o1. The maximum absolute atomic E-state index is 10.7. The number of anilines is 1. The van der Waals surface area contributed by atoms with E-state index in [1.54, 1.807) is 0 Å². The van der Waals surface area contributed by atoms with Gasteiger partial charge in [0.1, 0.15) is 0 Å². The van der Waals surface area contributed by atoms with Crippen LogP contribution in [0, 0.1) is 20.2 Å². The molecular formula is C8H5N5O5. The number of nitrogens with zero attached hydrogens (tertiary/aromatic N) is 4. The first-order chi connectivity index (χ1) is 8.47. The molecule has 1 heterocycles. The Bertz CT molecular complexity index is 604. The normalized spacial score (nSPS) is 10.2. The molecule has 0 saturated carbocycles. The molecule has 0 unspecified atom stereocenters. The van der Waals surface area contributed by atoms with Gasteiger partial charge < -0.3 is 10.2 Å². The van der Waals surface area contributed by atoms with Crippen molar-refractivity contribution in [3.8, 4) is 11.5 Å². The Hall–Kier alpha value is -3.04. The quantitative estimate of drug-likeness (QED) is 0.629. The summed E-state index contributed by atoms with van der Waals surface area (Å²) in [5.41, 5.74) is 4.36. The van der Waals surface area contributed by atoms with E-state index in [-0.39, 0.29) is 17.5 Å². The lowest BCUT2D eigenvalue weighted by Gasteiger charge is -1.97. The molecule has 2 N–H and O–H groups in total. The average molecular weight is 251 g/mol. The zero-order chi connectivity index (χ0) is 13.3. The van der Waals surface area contributed by atoms with Gasteiger partial charge in [-0.25, -0.2) is 0 Å². The third-order valence-electron chi connectivity index (χ3n) is 2.01. The van der Waals surface area contributed by atoms with E-state index in [9.17, 15) is 20.2 Å². The Balaban J connectivity index is 2.60. The zero-order valence-corrected chi connectivity index (χ0v) is 8.64. The summed E-state index contributed by atoms with van der Waals surface area (Å²) in [6.07, 6.45) is 0. The Kier molecular flexibility index (Phi) is 2.60. The van der Waals surface area contributed by atoms with Crippen molar-refractivity contribution in [2.24, 2.45) is 0 Å². The summed E-state index contributed by atoms with van der Waals surface area (Å²) in [7, 11) is 0. The fraction of sp³-hybridized carbons (Fsp3) is 0. The van der Waals surface area contributed by atoms with E-state index in [1.165, 1.54) is 0 Å². The van der Waals surface area contributed by atoms with Gasteiger partial charge in [0.25, 0.3) is 11.4 Å². The van der Waals surface area contributed by atoms with E-state index in [1.807, 2.05) is 0 Å². The van der Waals surface area contributed by atoms with E-state index in [0.29, 0.717) is 0 Å². The van der Waals surface area contributed by atoms with Crippen molar-refractivity contribution >= 4 is 17.4 Å². The third kappa shape index (κ3) is 2.07. The second-order valence-electron chi connectivity index (χ2n) is 3.20. The highest BCUT2D eigenvalue weighted by atomic mass is 16.6. The first-order valence-corrected chi connectivity index (χ1v) is 4.50. The van der Waals surface area contributed by atoms with Gasteiger partial charge >= 0.3 is 6.01 Å². The van der Waals surface area contributed by atoms with E-state index in [0.717, 1.165) is 18.2 Å². The minimum absolute atomic E-state index is 0.0556. The maximum atomic E-state index is 10.7. The topological polar surface area (TPSA) is 151 Å². The van der Waals surface area contributed by atoms with Crippen LogP contribution < -0.4 is 5.73 Å². The third-order valence-corrected chi connectivity index (χ3v) is 2.01. The zero-order valence-electron chi connectivity index (χ0n) is 8.64. The number of nitrogen functional groups attached to an aromatic ring is 1. The lowest BCUT2D eigenvalue weighted by atomic mass is 10.2. The molecule has 0 saturated heterocycles. The molecule has 1 aromatic heterocycles. The molecule has 0 bridgehead atoms. The van der Waals surface area contributed by atoms with Crippen molar-refractivity contribution in [3.63, 3.8) is 0 Å². The highest BCUT2D eigenvalue weighted by molar-refractivity contribution is 5.63.